The predicted octanol–water partition coefficient (Wildman–Crippen LogP) is -1.77. The van der Waals surface area contributed by atoms with Crippen molar-refractivity contribution in [2.24, 2.45) is 7.05 Å². The van der Waals surface area contributed by atoms with Gasteiger partial charge in [0.25, 0.3) is 5.82 Å². The first-order valence-electron chi connectivity index (χ1n) is 6.25. The number of nitrogens with zero attached hydrogens (tertiary/aromatic N) is 2. The number of unbranched alkanes of at least 4 members (excludes halogenated alkanes) is 1. The summed E-state index contributed by atoms with van der Waals surface area (Å²) in [7, 11) is 2.00. The standard InChI is InChI=1S/C13H20N2O3.BrH/c1-11-14(2)9-10-15(11)8-4-3-5-12(16)6-7-13(17)18;/h9-10H,3-8H2,1-2H3;1H. The van der Waals surface area contributed by atoms with Gasteiger partial charge in [-0.3, -0.25) is 9.59 Å². The molecule has 1 aromatic heterocycles. The van der Waals surface area contributed by atoms with Crippen LogP contribution in [0, 0.1) is 6.92 Å². The maximum atomic E-state index is 11.4. The Morgan fingerprint density at radius 3 is 2.47 bits per heavy atom. The van der Waals surface area contributed by atoms with Gasteiger partial charge in [-0.25, -0.2) is 9.13 Å². The Hall–Kier alpha value is -1.17. The number of aromatic nitrogens is 2. The van der Waals surface area contributed by atoms with Gasteiger partial charge in [-0.15, -0.1) is 0 Å². The maximum Gasteiger partial charge on any atom is 0.303 e. The molecule has 0 bridgehead atoms. The van der Waals surface area contributed by atoms with Crippen LogP contribution >= 0.6 is 0 Å². The fourth-order valence-corrected chi connectivity index (χ4v) is 1.81. The maximum absolute atomic E-state index is 11.4. The minimum atomic E-state index is -0.904. The molecule has 1 rings (SSSR count). The lowest BCUT2D eigenvalue weighted by Crippen LogP contribution is -3.00. The second-order valence-corrected chi connectivity index (χ2v) is 4.54. The van der Waals surface area contributed by atoms with Crippen molar-refractivity contribution >= 4 is 11.8 Å². The SMILES string of the molecule is Cc1n(CCCCC(=O)CCC(=O)O)cc[n+]1C.[Br-]. The number of carboxylic acid groups (broad SMARTS) is 1. The van der Waals surface area contributed by atoms with Crippen LogP contribution in [0.5, 0.6) is 0 Å². The van der Waals surface area contributed by atoms with Crippen molar-refractivity contribution in [1.29, 1.82) is 0 Å². The highest BCUT2D eigenvalue weighted by atomic mass is 79.9. The third-order valence-electron chi connectivity index (χ3n) is 3.12. The minimum absolute atomic E-state index is 0. The number of ketones is 1. The molecule has 0 amide bonds. The number of aryl methyl sites for hydroxylation is 2. The lowest BCUT2D eigenvalue weighted by molar-refractivity contribution is -0.677. The van der Waals surface area contributed by atoms with E-state index in [1.165, 1.54) is 5.82 Å². The number of hydrogen-bond acceptors (Lipinski definition) is 2. The Balaban J connectivity index is 0.00000324. The van der Waals surface area contributed by atoms with Crippen molar-refractivity contribution in [2.45, 2.75) is 45.6 Å². The largest absolute Gasteiger partial charge is 1.00 e. The monoisotopic (exact) mass is 332 g/mol. The van der Waals surface area contributed by atoms with Crippen LogP contribution in [0.4, 0.5) is 0 Å². The van der Waals surface area contributed by atoms with Crippen LogP contribution in [0.25, 0.3) is 0 Å². The van der Waals surface area contributed by atoms with Gasteiger partial charge in [0.15, 0.2) is 0 Å². The molecular weight excluding hydrogens is 312 g/mol. The van der Waals surface area contributed by atoms with E-state index in [9.17, 15) is 9.59 Å². The number of halogens is 1. The van der Waals surface area contributed by atoms with Gasteiger partial charge in [0, 0.05) is 19.8 Å². The molecule has 19 heavy (non-hydrogen) atoms. The quantitative estimate of drug-likeness (QED) is 0.452. The van der Waals surface area contributed by atoms with Crippen LogP contribution in [0.2, 0.25) is 0 Å². The van der Waals surface area contributed by atoms with E-state index in [0.29, 0.717) is 6.42 Å². The van der Waals surface area contributed by atoms with Gasteiger partial charge in [-0.05, 0) is 12.8 Å². The van der Waals surface area contributed by atoms with Gasteiger partial charge < -0.3 is 22.1 Å². The third-order valence-corrected chi connectivity index (χ3v) is 3.12. The van der Waals surface area contributed by atoms with Crippen LogP contribution < -0.4 is 21.5 Å². The van der Waals surface area contributed by atoms with Crippen LogP contribution in [-0.4, -0.2) is 21.4 Å². The highest BCUT2D eigenvalue weighted by Gasteiger charge is 2.09. The molecule has 0 spiro atoms. The fraction of sp³-hybridized carbons (Fsp3) is 0.615. The fourth-order valence-electron chi connectivity index (χ4n) is 1.81. The van der Waals surface area contributed by atoms with Gasteiger partial charge in [0.1, 0.15) is 18.2 Å². The number of imidazole rings is 1. The summed E-state index contributed by atoms with van der Waals surface area (Å²) in [5, 5.41) is 8.46. The van der Waals surface area contributed by atoms with Gasteiger partial charge >= 0.3 is 5.97 Å². The van der Waals surface area contributed by atoms with E-state index in [-0.39, 0.29) is 35.6 Å². The molecule has 0 aliphatic heterocycles. The summed E-state index contributed by atoms with van der Waals surface area (Å²) in [4.78, 5) is 21.7. The second-order valence-electron chi connectivity index (χ2n) is 4.54. The summed E-state index contributed by atoms with van der Waals surface area (Å²) in [5.74, 6) is 0.332. The normalized spacial score (nSPS) is 10.0. The van der Waals surface area contributed by atoms with Crippen molar-refractivity contribution < 1.29 is 36.2 Å². The molecule has 0 saturated carbocycles. The molecule has 0 saturated heterocycles. The van der Waals surface area contributed by atoms with Crippen molar-refractivity contribution in [3.05, 3.63) is 18.2 Å². The molecule has 5 nitrogen and oxygen atoms in total. The minimum Gasteiger partial charge on any atom is -1.00 e. The van der Waals surface area contributed by atoms with Gasteiger partial charge in [-0.1, -0.05) is 0 Å². The summed E-state index contributed by atoms with van der Waals surface area (Å²) in [6.45, 7) is 2.96. The van der Waals surface area contributed by atoms with E-state index in [1.807, 2.05) is 19.4 Å². The van der Waals surface area contributed by atoms with Crippen LogP contribution in [0.3, 0.4) is 0 Å². The molecule has 1 heterocycles. The van der Waals surface area contributed by atoms with Gasteiger partial charge in [-0.2, -0.15) is 0 Å². The smallest absolute Gasteiger partial charge is 0.303 e. The highest BCUT2D eigenvalue weighted by Crippen LogP contribution is 2.04. The molecule has 0 aromatic carbocycles. The van der Waals surface area contributed by atoms with Crippen LogP contribution in [0.15, 0.2) is 12.4 Å². The summed E-state index contributed by atoms with van der Waals surface area (Å²) >= 11 is 0. The van der Waals surface area contributed by atoms with Crippen LogP contribution in [-0.2, 0) is 23.2 Å². The molecule has 0 atom stereocenters. The highest BCUT2D eigenvalue weighted by molar-refractivity contribution is 5.82. The van der Waals surface area contributed by atoms with Gasteiger partial charge in [0.05, 0.1) is 20.0 Å². The summed E-state index contributed by atoms with van der Waals surface area (Å²) < 4.78 is 4.21. The number of hydrogen-bond donors (Lipinski definition) is 1. The van der Waals surface area contributed by atoms with E-state index >= 15 is 0 Å². The lowest BCUT2D eigenvalue weighted by Gasteiger charge is -2.00. The van der Waals surface area contributed by atoms with Crippen molar-refractivity contribution in [1.82, 2.24) is 4.57 Å². The van der Waals surface area contributed by atoms with Gasteiger partial charge in [0.2, 0.25) is 0 Å². The zero-order valence-corrected chi connectivity index (χ0v) is 13.0. The first-order chi connectivity index (χ1) is 8.50. The van der Waals surface area contributed by atoms with E-state index in [1.54, 1.807) is 0 Å². The molecule has 1 N–H and O–H groups in total. The Morgan fingerprint density at radius 2 is 1.95 bits per heavy atom. The third kappa shape index (κ3) is 6.52. The predicted molar refractivity (Wildman–Crippen MR) is 66.1 cm³/mol. The number of Topliss-reactive ketones (excluding diaryl/α,β-unsaturated/α-hetero) is 1. The summed E-state index contributed by atoms with van der Waals surface area (Å²) in [5.41, 5.74) is 0. The number of rotatable bonds is 8. The molecule has 0 unspecified atom stereocenters. The molecule has 0 fully saturated rings. The van der Waals surface area contributed by atoms with Crippen molar-refractivity contribution in [2.75, 3.05) is 0 Å². The molecule has 0 radical (unpaired) electrons. The zero-order chi connectivity index (χ0) is 13.5. The first kappa shape index (κ1) is 17.8. The number of aliphatic carboxylic acids is 1. The van der Waals surface area contributed by atoms with E-state index in [0.717, 1.165) is 19.4 Å². The van der Waals surface area contributed by atoms with E-state index in [4.69, 9.17) is 5.11 Å². The Labute approximate surface area is 124 Å². The Bertz CT molecular complexity index is 430. The lowest BCUT2D eigenvalue weighted by atomic mass is 10.1. The number of carbonyl (C=O) groups is 2. The Kier molecular flexibility index (Phi) is 8.30. The average Bonchev–Trinajstić information content (AvgIpc) is 2.63. The molecule has 0 aliphatic carbocycles. The van der Waals surface area contributed by atoms with Crippen molar-refractivity contribution in [3.8, 4) is 0 Å². The summed E-state index contributed by atoms with van der Waals surface area (Å²) in [6.07, 6.45) is 6.39. The zero-order valence-electron chi connectivity index (χ0n) is 11.4. The molecule has 6 heteroatoms. The van der Waals surface area contributed by atoms with E-state index in [2.05, 4.69) is 16.1 Å². The average molecular weight is 333 g/mol. The number of carboxylic acids is 1. The molecule has 1 aromatic rings. The van der Waals surface area contributed by atoms with E-state index < -0.39 is 5.97 Å². The van der Waals surface area contributed by atoms with Crippen LogP contribution in [0.1, 0.15) is 37.9 Å². The molecule has 108 valence electrons. The first-order valence-corrected chi connectivity index (χ1v) is 6.25. The topological polar surface area (TPSA) is 63.2 Å². The Morgan fingerprint density at radius 1 is 1.26 bits per heavy atom. The molecule has 0 aliphatic rings. The number of carbonyl (C=O) groups excluding carboxylic acids is 1. The molecular formula is C13H21BrN2O3. The second kappa shape index (κ2) is 8.85. The van der Waals surface area contributed by atoms with Crippen molar-refractivity contribution in [3.63, 3.8) is 0 Å². The summed E-state index contributed by atoms with van der Waals surface area (Å²) in [6, 6.07) is 0.